The van der Waals surface area contributed by atoms with Crippen LogP contribution in [0.3, 0.4) is 0 Å². The number of carbonyl (C=O) groups is 1. The summed E-state index contributed by atoms with van der Waals surface area (Å²) < 4.78 is 5.22. The molecular weight excluding hydrogens is 274 g/mol. The van der Waals surface area contributed by atoms with Crippen molar-refractivity contribution >= 4 is 5.78 Å². The number of benzene rings is 2. The van der Waals surface area contributed by atoms with Crippen LogP contribution in [-0.4, -0.2) is 38.4 Å². The maximum Gasteiger partial charge on any atom is 0.167 e. The molecule has 0 saturated carbocycles. The van der Waals surface area contributed by atoms with Crippen LogP contribution in [0, 0.1) is 5.92 Å². The number of carbonyl (C=O) groups excluding carboxylic acids is 1. The molecule has 2 aromatic rings. The van der Waals surface area contributed by atoms with E-state index in [1.54, 1.807) is 7.11 Å². The van der Waals surface area contributed by atoms with Gasteiger partial charge in [0, 0.05) is 18.0 Å². The first-order chi connectivity index (χ1) is 10.6. The number of hydrogen-bond donors (Lipinski definition) is 0. The lowest BCUT2D eigenvalue weighted by atomic mass is 9.91. The van der Waals surface area contributed by atoms with Gasteiger partial charge in [-0.3, -0.25) is 4.79 Å². The Labute approximate surface area is 132 Å². The molecule has 2 aromatic carbocycles. The standard InChI is InChI=1S/C19H23NO2/c1-20(2)14-17(12-15-8-5-4-6-9-15)19(21)16-10-7-11-18(13-16)22-3/h4-11,13,17H,12,14H2,1-3H3. The summed E-state index contributed by atoms with van der Waals surface area (Å²) >= 11 is 0. The lowest BCUT2D eigenvalue weighted by Crippen LogP contribution is -2.29. The van der Waals surface area contributed by atoms with Crippen molar-refractivity contribution in [2.75, 3.05) is 27.7 Å². The Morgan fingerprint density at radius 2 is 1.82 bits per heavy atom. The van der Waals surface area contributed by atoms with E-state index >= 15 is 0 Å². The Morgan fingerprint density at radius 3 is 2.45 bits per heavy atom. The van der Waals surface area contributed by atoms with Gasteiger partial charge in [0.15, 0.2) is 5.78 Å². The fourth-order valence-electron chi connectivity index (χ4n) is 2.59. The maximum atomic E-state index is 12.9. The first-order valence-electron chi connectivity index (χ1n) is 7.47. The van der Waals surface area contributed by atoms with Crippen LogP contribution in [0.5, 0.6) is 5.75 Å². The summed E-state index contributed by atoms with van der Waals surface area (Å²) in [6, 6.07) is 17.6. The number of hydrogen-bond acceptors (Lipinski definition) is 3. The normalized spacial score (nSPS) is 12.2. The summed E-state index contributed by atoms with van der Waals surface area (Å²) in [4.78, 5) is 14.9. The SMILES string of the molecule is COc1cccc(C(=O)C(Cc2ccccc2)CN(C)C)c1. The average Bonchev–Trinajstić information content (AvgIpc) is 2.54. The summed E-state index contributed by atoms with van der Waals surface area (Å²) in [5, 5.41) is 0. The largest absolute Gasteiger partial charge is 0.497 e. The quantitative estimate of drug-likeness (QED) is 0.734. The van der Waals surface area contributed by atoms with Crippen LogP contribution in [0.2, 0.25) is 0 Å². The molecule has 3 heteroatoms. The maximum absolute atomic E-state index is 12.9. The van der Waals surface area contributed by atoms with Crippen LogP contribution in [0.25, 0.3) is 0 Å². The van der Waals surface area contributed by atoms with Crippen molar-refractivity contribution in [2.24, 2.45) is 5.92 Å². The van der Waals surface area contributed by atoms with E-state index in [-0.39, 0.29) is 11.7 Å². The van der Waals surface area contributed by atoms with E-state index in [1.807, 2.05) is 56.6 Å². The summed E-state index contributed by atoms with van der Waals surface area (Å²) in [7, 11) is 5.61. The molecule has 116 valence electrons. The summed E-state index contributed by atoms with van der Waals surface area (Å²) in [5.41, 5.74) is 1.90. The van der Waals surface area contributed by atoms with E-state index in [1.165, 1.54) is 5.56 Å². The molecular formula is C19H23NO2. The topological polar surface area (TPSA) is 29.5 Å². The van der Waals surface area contributed by atoms with Crippen molar-refractivity contribution in [1.82, 2.24) is 4.90 Å². The minimum atomic E-state index is -0.0653. The van der Waals surface area contributed by atoms with E-state index in [0.717, 1.165) is 13.0 Å². The zero-order valence-corrected chi connectivity index (χ0v) is 13.5. The molecule has 0 N–H and O–H groups in total. The van der Waals surface area contributed by atoms with Crippen molar-refractivity contribution in [1.29, 1.82) is 0 Å². The van der Waals surface area contributed by atoms with E-state index in [9.17, 15) is 4.79 Å². The molecule has 0 aliphatic rings. The summed E-state index contributed by atoms with van der Waals surface area (Å²) in [5.74, 6) is 0.815. The zero-order valence-electron chi connectivity index (χ0n) is 13.5. The monoisotopic (exact) mass is 297 g/mol. The molecule has 1 unspecified atom stereocenters. The fraction of sp³-hybridized carbons (Fsp3) is 0.316. The Bertz CT molecular complexity index is 608. The molecule has 0 fully saturated rings. The van der Waals surface area contributed by atoms with Gasteiger partial charge in [0.1, 0.15) is 5.75 Å². The molecule has 0 aliphatic carbocycles. The summed E-state index contributed by atoms with van der Waals surface area (Å²) in [6.45, 7) is 0.727. The average molecular weight is 297 g/mol. The van der Waals surface area contributed by atoms with Gasteiger partial charge in [-0.25, -0.2) is 0 Å². The van der Waals surface area contributed by atoms with Crippen LogP contribution in [0.4, 0.5) is 0 Å². The molecule has 0 saturated heterocycles. The second kappa shape index (κ2) is 7.76. The third-order valence-corrected chi connectivity index (χ3v) is 3.64. The van der Waals surface area contributed by atoms with Gasteiger partial charge in [0.25, 0.3) is 0 Å². The number of ether oxygens (including phenoxy) is 1. The molecule has 3 nitrogen and oxygen atoms in total. The van der Waals surface area contributed by atoms with Crippen LogP contribution in [0.1, 0.15) is 15.9 Å². The second-order valence-electron chi connectivity index (χ2n) is 5.75. The Hall–Kier alpha value is -2.13. The molecule has 0 heterocycles. The van der Waals surface area contributed by atoms with Crippen LogP contribution in [0.15, 0.2) is 54.6 Å². The zero-order chi connectivity index (χ0) is 15.9. The van der Waals surface area contributed by atoms with E-state index in [0.29, 0.717) is 11.3 Å². The smallest absolute Gasteiger partial charge is 0.167 e. The van der Waals surface area contributed by atoms with Crippen molar-refractivity contribution in [3.8, 4) is 5.75 Å². The number of nitrogens with zero attached hydrogens (tertiary/aromatic N) is 1. The van der Waals surface area contributed by atoms with Gasteiger partial charge in [0.05, 0.1) is 7.11 Å². The highest BCUT2D eigenvalue weighted by molar-refractivity contribution is 5.98. The molecule has 0 aliphatic heterocycles. The van der Waals surface area contributed by atoms with Gasteiger partial charge in [-0.05, 0) is 38.2 Å². The highest BCUT2D eigenvalue weighted by atomic mass is 16.5. The van der Waals surface area contributed by atoms with E-state index in [2.05, 4.69) is 17.0 Å². The van der Waals surface area contributed by atoms with E-state index in [4.69, 9.17) is 4.74 Å². The Morgan fingerprint density at radius 1 is 1.09 bits per heavy atom. The minimum Gasteiger partial charge on any atom is -0.497 e. The summed E-state index contributed by atoms with van der Waals surface area (Å²) in [6.07, 6.45) is 0.745. The number of methoxy groups -OCH3 is 1. The first-order valence-corrected chi connectivity index (χ1v) is 7.47. The minimum absolute atomic E-state index is 0.0653. The van der Waals surface area contributed by atoms with Gasteiger partial charge in [0.2, 0.25) is 0 Å². The van der Waals surface area contributed by atoms with Gasteiger partial charge in [-0.15, -0.1) is 0 Å². The van der Waals surface area contributed by atoms with Gasteiger partial charge in [-0.1, -0.05) is 42.5 Å². The van der Waals surface area contributed by atoms with Crippen molar-refractivity contribution in [3.63, 3.8) is 0 Å². The lowest BCUT2D eigenvalue weighted by molar-refractivity contribution is 0.0896. The highest BCUT2D eigenvalue weighted by Gasteiger charge is 2.21. The van der Waals surface area contributed by atoms with Gasteiger partial charge >= 0.3 is 0 Å². The molecule has 0 amide bonds. The molecule has 0 spiro atoms. The van der Waals surface area contributed by atoms with Crippen LogP contribution in [-0.2, 0) is 6.42 Å². The van der Waals surface area contributed by atoms with Crippen molar-refractivity contribution in [3.05, 3.63) is 65.7 Å². The highest BCUT2D eigenvalue weighted by Crippen LogP contribution is 2.19. The van der Waals surface area contributed by atoms with Crippen molar-refractivity contribution in [2.45, 2.75) is 6.42 Å². The second-order valence-corrected chi connectivity index (χ2v) is 5.75. The Balaban J connectivity index is 2.22. The molecule has 0 radical (unpaired) electrons. The lowest BCUT2D eigenvalue weighted by Gasteiger charge is -2.20. The number of ketones is 1. The molecule has 0 bridgehead atoms. The van der Waals surface area contributed by atoms with Crippen LogP contribution < -0.4 is 4.74 Å². The van der Waals surface area contributed by atoms with Crippen LogP contribution >= 0.6 is 0 Å². The van der Waals surface area contributed by atoms with Crippen molar-refractivity contribution < 1.29 is 9.53 Å². The molecule has 0 aromatic heterocycles. The number of rotatable bonds is 7. The van der Waals surface area contributed by atoms with Gasteiger partial charge in [-0.2, -0.15) is 0 Å². The predicted molar refractivity (Wildman–Crippen MR) is 89.5 cm³/mol. The molecule has 1 atom stereocenters. The molecule has 2 rings (SSSR count). The van der Waals surface area contributed by atoms with E-state index < -0.39 is 0 Å². The fourth-order valence-corrected chi connectivity index (χ4v) is 2.59. The van der Waals surface area contributed by atoms with Gasteiger partial charge < -0.3 is 9.64 Å². The Kier molecular flexibility index (Phi) is 5.73. The number of Topliss-reactive ketones (excluding diaryl/α,β-unsaturated/α-hetero) is 1. The first kappa shape index (κ1) is 16.2. The predicted octanol–water partition coefficient (Wildman–Crippen LogP) is 3.30. The third-order valence-electron chi connectivity index (χ3n) is 3.64. The third kappa shape index (κ3) is 4.43. The molecule has 22 heavy (non-hydrogen) atoms.